The number of primary amides is 1. The van der Waals surface area contributed by atoms with E-state index in [0.717, 1.165) is 29.1 Å². The third-order valence-corrected chi connectivity index (χ3v) is 4.29. The lowest BCUT2D eigenvalue weighted by Crippen LogP contribution is -2.19. The predicted octanol–water partition coefficient (Wildman–Crippen LogP) is 3.14. The normalized spacial score (nSPS) is 12.2. The van der Waals surface area contributed by atoms with Crippen LogP contribution in [0.3, 0.4) is 0 Å². The standard InChI is InChI=1S/C20H29N5O/c1-5-16-17(9-12(2)3)25-20(18(24-16)19(22)26)23-15-8-6-7-14(10-15)13(4)11-21/h6-8,10,12-13H,5,9,11,21H2,1-4H3,(H2,22,26)(H,23,25). The Morgan fingerprint density at radius 3 is 2.50 bits per heavy atom. The number of hydrogen-bond donors (Lipinski definition) is 3. The van der Waals surface area contributed by atoms with Gasteiger partial charge in [-0.25, -0.2) is 9.97 Å². The fraction of sp³-hybridized carbons (Fsp3) is 0.450. The first-order chi connectivity index (χ1) is 12.3. The zero-order valence-electron chi connectivity index (χ0n) is 16.0. The number of rotatable bonds is 8. The Bertz CT molecular complexity index is 773. The van der Waals surface area contributed by atoms with Crippen LogP contribution >= 0.6 is 0 Å². The number of nitrogens with zero attached hydrogens (tertiary/aromatic N) is 2. The lowest BCUT2D eigenvalue weighted by atomic mass is 10.0. The summed E-state index contributed by atoms with van der Waals surface area (Å²) in [5.74, 6) is 0.508. The second-order valence-electron chi connectivity index (χ2n) is 7.02. The van der Waals surface area contributed by atoms with Gasteiger partial charge in [0.1, 0.15) is 0 Å². The van der Waals surface area contributed by atoms with Gasteiger partial charge in [-0.15, -0.1) is 0 Å². The summed E-state index contributed by atoms with van der Waals surface area (Å²) in [4.78, 5) is 21.1. The van der Waals surface area contributed by atoms with Crippen molar-refractivity contribution in [3.8, 4) is 0 Å². The lowest BCUT2D eigenvalue weighted by molar-refractivity contribution is 0.0996. The number of aryl methyl sites for hydroxylation is 1. The van der Waals surface area contributed by atoms with E-state index in [4.69, 9.17) is 16.5 Å². The van der Waals surface area contributed by atoms with Gasteiger partial charge in [-0.05, 0) is 48.9 Å². The zero-order chi connectivity index (χ0) is 19.3. The van der Waals surface area contributed by atoms with E-state index >= 15 is 0 Å². The molecule has 26 heavy (non-hydrogen) atoms. The van der Waals surface area contributed by atoms with Gasteiger partial charge in [0.15, 0.2) is 11.5 Å². The molecule has 0 fully saturated rings. The summed E-state index contributed by atoms with van der Waals surface area (Å²) in [5, 5.41) is 3.22. The van der Waals surface area contributed by atoms with Gasteiger partial charge in [-0.1, -0.05) is 39.8 Å². The molecule has 2 rings (SSSR count). The highest BCUT2D eigenvalue weighted by atomic mass is 16.1. The molecule has 1 amide bonds. The van der Waals surface area contributed by atoms with Crippen molar-refractivity contribution in [3.63, 3.8) is 0 Å². The van der Waals surface area contributed by atoms with Crippen LogP contribution in [0.1, 0.15) is 61.1 Å². The summed E-state index contributed by atoms with van der Waals surface area (Å²) in [6.45, 7) is 8.91. The summed E-state index contributed by atoms with van der Waals surface area (Å²) in [7, 11) is 0. The molecule has 0 spiro atoms. The van der Waals surface area contributed by atoms with Crippen molar-refractivity contribution < 1.29 is 4.79 Å². The number of nitrogens with two attached hydrogens (primary N) is 2. The van der Waals surface area contributed by atoms with E-state index in [9.17, 15) is 4.79 Å². The Morgan fingerprint density at radius 1 is 1.19 bits per heavy atom. The zero-order valence-corrected chi connectivity index (χ0v) is 16.0. The van der Waals surface area contributed by atoms with Crippen LogP contribution in [-0.4, -0.2) is 22.4 Å². The lowest BCUT2D eigenvalue weighted by Gasteiger charge is -2.16. The van der Waals surface area contributed by atoms with Crippen LogP contribution in [0.4, 0.5) is 11.5 Å². The Kier molecular flexibility index (Phi) is 6.69. The maximum Gasteiger partial charge on any atom is 0.271 e. The maximum atomic E-state index is 11.9. The molecule has 1 heterocycles. The summed E-state index contributed by atoms with van der Waals surface area (Å²) < 4.78 is 0. The van der Waals surface area contributed by atoms with Crippen LogP contribution in [0, 0.1) is 5.92 Å². The number of amides is 1. The molecule has 1 aromatic heterocycles. The SMILES string of the molecule is CCc1nc(C(N)=O)c(Nc2cccc(C(C)CN)c2)nc1CC(C)C. The van der Waals surface area contributed by atoms with Crippen LogP contribution in [0.15, 0.2) is 24.3 Å². The molecule has 6 nitrogen and oxygen atoms in total. The fourth-order valence-electron chi connectivity index (χ4n) is 2.79. The molecule has 0 saturated heterocycles. The molecule has 1 unspecified atom stereocenters. The summed E-state index contributed by atoms with van der Waals surface area (Å²) in [6, 6.07) is 7.93. The van der Waals surface area contributed by atoms with Gasteiger partial charge in [0.05, 0.1) is 11.4 Å². The molecule has 6 heteroatoms. The molecule has 1 atom stereocenters. The minimum absolute atomic E-state index is 0.173. The minimum Gasteiger partial charge on any atom is -0.364 e. The smallest absolute Gasteiger partial charge is 0.271 e. The van der Waals surface area contributed by atoms with Gasteiger partial charge >= 0.3 is 0 Å². The second kappa shape index (κ2) is 8.76. The van der Waals surface area contributed by atoms with Gasteiger partial charge in [-0.2, -0.15) is 0 Å². The van der Waals surface area contributed by atoms with E-state index in [-0.39, 0.29) is 11.6 Å². The highest BCUT2D eigenvalue weighted by molar-refractivity contribution is 5.96. The largest absolute Gasteiger partial charge is 0.364 e. The number of nitrogens with one attached hydrogen (secondary N) is 1. The van der Waals surface area contributed by atoms with Crippen molar-refractivity contribution in [3.05, 3.63) is 46.9 Å². The molecular weight excluding hydrogens is 326 g/mol. The van der Waals surface area contributed by atoms with E-state index in [2.05, 4.69) is 31.1 Å². The first-order valence-corrected chi connectivity index (χ1v) is 9.12. The molecule has 0 aliphatic carbocycles. The van der Waals surface area contributed by atoms with Gasteiger partial charge in [-0.3, -0.25) is 4.79 Å². The molecule has 0 aliphatic heterocycles. The van der Waals surface area contributed by atoms with E-state index in [1.54, 1.807) is 0 Å². The van der Waals surface area contributed by atoms with Gasteiger partial charge in [0, 0.05) is 5.69 Å². The predicted molar refractivity (Wildman–Crippen MR) is 106 cm³/mol. The van der Waals surface area contributed by atoms with E-state index in [1.165, 1.54) is 0 Å². The molecule has 0 radical (unpaired) electrons. The second-order valence-corrected chi connectivity index (χ2v) is 7.02. The van der Waals surface area contributed by atoms with Crippen molar-refractivity contribution in [2.75, 3.05) is 11.9 Å². The number of anilines is 2. The minimum atomic E-state index is -0.586. The fourth-order valence-corrected chi connectivity index (χ4v) is 2.79. The highest BCUT2D eigenvalue weighted by Crippen LogP contribution is 2.24. The van der Waals surface area contributed by atoms with Crippen LogP contribution < -0.4 is 16.8 Å². The van der Waals surface area contributed by atoms with E-state index in [0.29, 0.717) is 24.7 Å². The number of hydrogen-bond acceptors (Lipinski definition) is 5. The number of benzene rings is 1. The van der Waals surface area contributed by atoms with Crippen LogP contribution in [0.5, 0.6) is 0 Å². The Balaban J connectivity index is 2.45. The molecule has 1 aromatic carbocycles. The first kappa shape index (κ1) is 19.8. The van der Waals surface area contributed by atoms with Crippen molar-refractivity contribution in [1.29, 1.82) is 0 Å². The average molecular weight is 355 g/mol. The molecule has 0 aliphatic rings. The van der Waals surface area contributed by atoms with E-state index in [1.807, 2.05) is 31.2 Å². The number of aromatic nitrogens is 2. The topological polar surface area (TPSA) is 107 Å². The summed E-state index contributed by atoms with van der Waals surface area (Å²) in [6.07, 6.45) is 1.51. The highest BCUT2D eigenvalue weighted by Gasteiger charge is 2.18. The van der Waals surface area contributed by atoms with Gasteiger partial charge < -0.3 is 16.8 Å². The first-order valence-electron chi connectivity index (χ1n) is 9.12. The number of carbonyl (C=O) groups is 1. The third-order valence-electron chi connectivity index (χ3n) is 4.29. The van der Waals surface area contributed by atoms with Crippen molar-refractivity contribution in [2.45, 2.75) is 46.5 Å². The molecular formula is C20H29N5O. The van der Waals surface area contributed by atoms with Gasteiger partial charge in [0.25, 0.3) is 5.91 Å². The Morgan fingerprint density at radius 2 is 1.92 bits per heavy atom. The van der Waals surface area contributed by atoms with Crippen molar-refractivity contribution >= 4 is 17.4 Å². The molecule has 0 bridgehead atoms. The quantitative estimate of drug-likeness (QED) is 0.674. The van der Waals surface area contributed by atoms with Crippen molar-refractivity contribution in [2.24, 2.45) is 17.4 Å². The molecule has 0 saturated carbocycles. The van der Waals surface area contributed by atoms with Crippen molar-refractivity contribution in [1.82, 2.24) is 9.97 Å². The third kappa shape index (κ3) is 4.79. The molecule has 140 valence electrons. The van der Waals surface area contributed by atoms with Crippen LogP contribution in [0.25, 0.3) is 0 Å². The van der Waals surface area contributed by atoms with Gasteiger partial charge in [0.2, 0.25) is 0 Å². The van der Waals surface area contributed by atoms with E-state index < -0.39 is 5.91 Å². The Labute approximate surface area is 155 Å². The Hall–Kier alpha value is -2.47. The maximum absolute atomic E-state index is 11.9. The summed E-state index contributed by atoms with van der Waals surface area (Å²) in [5.41, 5.74) is 15.2. The molecule has 5 N–H and O–H groups in total. The van der Waals surface area contributed by atoms with Crippen LogP contribution in [-0.2, 0) is 12.8 Å². The monoisotopic (exact) mass is 355 g/mol. The number of carbonyl (C=O) groups excluding carboxylic acids is 1. The van der Waals surface area contributed by atoms with Crippen LogP contribution in [0.2, 0.25) is 0 Å². The summed E-state index contributed by atoms with van der Waals surface area (Å²) >= 11 is 0. The molecule has 2 aromatic rings. The average Bonchev–Trinajstić information content (AvgIpc) is 2.60.